The van der Waals surface area contributed by atoms with Gasteiger partial charge in [-0.25, -0.2) is 8.42 Å². The third-order valence-electron chi connectivity index (χ3n) is 6.76. The highest BCUT2D eigenvalue weighted by Crippen LogP contribution is 2.20. The molecule has 1 aromatic rings. The van der Waals surface area contributed by atoms with Gasteiger partial charge in [0.15, 0.2) is 0 Å². The number of likely N-dealkylation sites (tertiary alicyclic amines) is 1. The van der Waals surface area contributed by atoms with Crippen molar-refractivity contribution in [1.29, 1.82) is 0 Å². The van der Waals surface area contributed by atoms with Crippen LogP contribution < -0.4 is 0 Å². The van der Waals surface area contributed by atoms with Crippen LogP contribution in [0.25, 0.3) is 0 Å². The number of nitrogens with zero attached hydrogens (tertiary/aromatic N) is 1. The topological polar surface area (TPSA) is 57.2 Å². The Kier molecular flexibility index (Phi) is 17.7. The van der Waals surface area contributed by atoms with Crippen LogP contribution in [-0.4, -0.2) is 43.6 Å². The second kappa shape index (κ2) is 19.3. The van der Waals surface area contributed by atoms with E-state index < -0.39 is 10.1 Å². The van der Waals surface area contributed by atoms with Gasteiger partial charge in [0.2, 0.25) is 0 Å². The van der Waals surface area contributed by atoms with E-state index in [2.05, 4.69) is 33.6 Å². The third kappa shape index (κ3) is 15.2. The van der Waals surface area contributed by atoms with Crippen molar-refractivity contribution in [3.8, 4) is 10.8 Å². The number of piperidine rings is 1. The third-order valence-corrected chi connectivity index (χ3v) is 7.89. The number of hydrogen-bond donors (Lipinski definition) is 0. The minimum atomic E-state index is -4.25. The Morgan fingerprint density at radius 2 is 1.32 bits per heavy atom. The van der Waals surface area contributed by atoms with E-state index in [0.717, 1.165) is 6.54 Å². The SMILES string of the molecule is CCCCCCCCCCCCCC[N+]1(CC#CBr)CCCCC1.O=S(=O)([O-])c1ccccc1. The Bertz CT molecular complexity index is 781. The molecule has 1 aliphatic rings. The average molecular weight is 557 g/mol. The van der Waals surface area contributed by atoms with Crippen LogP contribution in [0.4, 0.5) is 0 Å². The van der Waals surface area contributed by atoms with E-state index in [1.54, 1.807) is 6.07 Å². The van der Waals surface area contributed by atoms with E-state index in [-0.39, 0.29) is 4.90 Å². The number of hydrogen-bond acceptors (Lipinski definition) is 3. The first-order valence-electron chi connectivity index (χ1n) is 13.4. The minimum absolute atomic E-state index is 0.185. The highest BCUT2D eigenvalue weighted by molar-refractivity contribution is 9.12. The quantitative estimate of drug-likeness (QED) is 0.0966. The maximum atomic E-state index is 10.3. The predicted octanol–water partition coefficient (Wildman–Crippen LogP) is 7.63. The molecule has 0 N–H and O–H groups in total. The molecule has 1 fully saturated rings. The van der Waals surface area contributed by atoms with Crippen molar-refractivity contribution in [2.75, 3.05) is 26.2 Å². The molecule has 0 saturated carbocycles. The second-order valence-electron chi connectivity index (χ2n) is 9.66. The molecule has 0 atom stereocenters. The van der Waals surface area contributed by atoms with Gasteiger partial charge in [0.25, 0.3) is 0 Å². The normalized spacial score (nSPS) is 15.0. The maximum absolute atomic E-state index is 10.3. The molecule has 6 heteroatoms. The van der Waals surface area contributed by atoms with E-state index in [4.69, 9.17) is 0 Å². The van der Waals surface area contributed by atoms with Crippen LogP contribution in [0.5, 0.6) is 0 Å². The smallest absolute Gasteiger partial charge is 0.141 e. The summed E-state index contributed by atoms with van der Waals surface area (Å²) in [4.78, 5) is 2.75. The molecule has 0 bridgehead atoms. The highest BCUT2D eigenvalue weighted by Gasteiger charge is 2.28. The first kappa shape index (κ1) is 31.2. The number of halogens is 1. The molecule has 1 aromatic carbocycles. The molecular weight excluding hydrogens is 510 g/mol. The van der Waals surface area contributed by atoms with Crippen molar-refractivity contribution < 1.29 is 17.5 Å². The van der Waals surface area contributed by atoms with Crippen molar-refractivity contribution >= 4 is 26.0 Å². The van der Waals surface area contributed by atoms with Crippen molar-refractivity contribution in [2.24, 2.45) is 0 Å². The Hall–Kier alpha value is -0.870. The predicted molar refractivity (Wildman–Crippen MR) is 146 cm³/mol. The number of quaternary nitrogens is 1. The molecule has 0 amide bonds. The Morgan fingerprint density at radius 1 is 0.824 bits per heavy atom. The molecule has 4 nitrogen and oxygen atoms in total. The summed E-state index contributed by atoms with van der Waals surface area (Å²) < 4.78 is 32.1. The lowest BCUT2D eigenvalue weighted by Gasteiger charge is -2.40. The summed E-state index contributed by atoms with van der Waals surface area (Å²) in [5.41, 5.74) is 0. The van der Waals surface area contributed by atoms with Gasteiger partial charge in [0.05, 0.1) is 24.5 Å². The average Bonchev–Trinajstić information content (AvgIpc) is 2.84. The van der Waals surface area contributed by atoms with Crippen molar-refractivity contribution in [1.82, 2.24) is 0 Å². The van der Waals surface area contributed by atoms with E-state index in [9.17, 15) is 13.0 Å². The summed E-state index contributed by atoms with van der Waals surface area (Å²) in [6.45, 7) is 7.44. The maximum Gasteiger partial charge on any atom is 0.141 e. The van der Waals surface area contributed by atoms with E-state index in [0.29, 0.717) is 0 Å². The fraction of sp³-hybridized carbons (Fsp3) is 0.714. The van der Waals surface area contributed by atoms with Crippen LogP contribution in [0.1, 0.15) is 103 Å². The van der Waals surface area contributed by atoms with Gasteiger partial charge in [0, 0.05) is 15.9 Å². The summed E-state index contributed by atoms with van der Waals surface area (Å²) in [5.74, 6) is 3.29. The lowest BCUT2D eigenvalue weighted by Crippen LogP contribution is -2.52. The summed E-state index contributed by atoms with van der Waals surface area (Å²) in [6, 6.07) is 7.19. The van der Waals surface area contributed by atoms with Gasteiger partial charge in [-0.05, 0) is 55.0 Å². The van der Waals surface area contributed by atoms with Gasteiger partial charge < -0.3 is 9.04 Å². The molecule has 2 rings (SSSR count). The number of rotatable bonds is 15. The van der Waals surface area contributed by atoms with Crippen LogP contribution in [0.15, 0.2) is 35.2 Å². The lowest BCUT2D eigenvalue weighted by atomic mass is 10.0. The first-order chi connectivity index (χ1) is 16.4. The van der Waals surface area contributed by atoms with Crippen LogP contribution in [0.2, 0.25) is 0 Å². The number of unbranched alkanes of at least 4 members (excludes halogenated alkanes) is 11. The van der Waals surface area contributed by atoms with Crippen molar-refractivity contribution in [3.05, 3.63) is 30.3 Å². The fourth-order valence-electron chi connectivity index (χ4n) is 4.72. The summed E-state index contributed by atoms with van der Waals surface area (Å²) in [7, 11) is -4.25. The van der Waals surface area contributed by atoms with Crippen molar-refractivity contribution in [3.63, 3.8) is 0 Å². The van der Waals surface area contributed by atoms with E-state index >= 15 is 0 Å². The fourth-order valence-corrected chi connectivity index (χ4v) is 5.33. The zero-order chi connectivity index (χ0) is 25.0. The zero-order valence-electron chi connectivity index (χ0n) is 21.3. The van der Waals surface area contributed by atoms with Gasteiger partial charge in [0.1, 0.15) is 16.7 Å². The molecule has 1 aliphatic heterocycles. The Morgan fingerprint density at radius 3 is 1.76 bits per heavy atom. The molecule has 0 aromatic heterocycles. The van der Waals surface area contributed by atoms with Gasteiger partial charge >= 0.3 is 0 Å². The van der Waals surface area contributed by atoms with Gasteiger partial charge in [-0.15, -0.1) is 0 Å². The van der Waals surface area contributed by atoms with Crippen LogP contribution >= 0.6 is 15.9 Å². The Labute approximate surface area is 218 Å². The molecule has 194 valence electrons. The lowest BCUT2D eigenvalue weighted by molar-refractivity contribution is -0.926. The van der Waals surface area contributed by atoms with Crippen molar-refractivity contribution in [2.45, 2.75) is 108 Å². The second-order valence-corrected chi connectivity index (χ2v) is 11.4. The summed E-state index contributed by atoms with van der Waals surface area (Å²) in [6.07, 6.45) is 21.5. The standard InChI is InChI=1S/C22H41BrN.C6H6O3S/c1-2-3-4-5-6-7-8-9-10-11-12-14-19-24(22-17-18-23)20-15-13-16-21-24;7-10(8,9)6-4-2-1-3-5-6/h2-16,19-22H2,1H3;1-5H,(H,7,8,9)/q+1;/p-1. The molecular formula is C28H46BrNO3S. The van der Waals surface area contributed by atoms with Gasteiger partial charge in [-0.3, -0.25) is 0 Å². The van der Waals surface area contributed by atoms with Crippen LogP contribution in [0, 0.1) is 10.8 Å². The van der Waals surface area contributed by atoms with Gasteiger partial charge in [-0.1, -0.05) is 89.3 Å². The summed E-state index contributed by atoms with van der Waals surface area (Å²) in [5, 5.41) is 0. The van der Waals surface area contributed by atoms with Crippen LogP contribution in [0.3, 0.4) is 0 Å². The minimum Gasteiger partial charge on any atom is -0.744 e. The molecule has 1 heterocycles. The first-order valence-corrected chi connectivity index (χ1v) is 15.6. The molecule has 0 radical (unpaired) electrons. The molecule has 0 unspecified atom stereocenters. The highest BCUT2D eigenvalue weighted by atomic mass is 79.9. The van der Waals surface area contributed by atoms with Crippen LogP contribution in [-0.2, 0) is 10.1 Å². The largest absolute Gasteiger partial charge is 0.744 e. The monoisotopic (exact) mass is 555 g/mol. The molecule has 1 saturated heterocycles. The van der Waals surface area contributed by atoms with E-state index in [1.807, 2.05) is 0 Å². The molecule has 0 spiro atoms. The molecule has 0 aliphatic carbocycles. The summed E-state index contributed by atoms with van der Waals surface area (Å²) >= 11 is 3.27. The zero-order valence-corrected chi connectivity index (χ0v) is 23.7. The van der Waals surface area contributed by atoms with Gasteiger partial charge in [-0.2, -0.15) is 0 Å². The number of benzene rings is 1. The Balaban J connectivity index is 0.000000479. The van der Waals surface area contributed by atoms with E-state index in [1.165, 1.54) is 145 Å². The molecule has 34 heavy (non-hydrogen) atoms.